The minimum atomic E-state index is -4.09. The molecule has 0 aliphatic carbocycles. The lowest BCUT2D eigenvalue weighted by molar-refractivity contribution is -0.384. The van der Waals surface area contributed by atoms with Gasteiger partial charge in [0.15, 0.2) is 0 Å². The van der Waals surface area contributed by atoms with Crippen molar-refractivity contribution in [2.45, 2.75) is 40.9 Å². The normalized spacial score (nSPS) is 26.9. The molecule has 3 atom stereocenters. The molecule has 12 heteroatoms. The van der Waals surface area contributed by atoms with Gasteiger partial charge in [0.1, 0.15) is 17.5 Å². The first-order valence-corrected chi connectivity index (χ1v) is 9.81. The number of carbonyl (C=O) groups is 2. The first kappa shape index (κ1) is 18.6. The maximum Gasteiger partial charge on any atom is 0.327 e. The van der Waals surface area contributed by atoms with E-state index >= 15 is 0 Å². The van der Waals surface area contributed by atoms with Crippen LogP contribution in [0, 0.1) is 10.1 Å². The molecule has 1 aromatic rings. The monoisotopic (exact) mass is 401 g/mol. The number of nitro groups is 1. The van der Waals surface area contributed by atoms with E-state index < -0.39 is 49.0 Å². The van der Waals surface area contributed by atoms with Gasteiger partial charge in [-0.3, -0.25) is 14.9 Å². The lowest BCUT2D eigenvalue weighted by Gasteiger charge is -2.43. The molecule has 2 fully saturated rings. The van der Waals surface area contributed by atoms with E-state index in [0.717, 1.165) is 24.3 Å². The summed E-state index contributed by atoms with van der Waals surface area (Å²) in [5.74, 6) is -1.75. The van der Waals surface area contributed by atoms with Gasteiger partial charge >= 0.3 is 5.97 Å². The second kappa shape index (κ2) is 5.93. The number of amides is 1. The molecule has 1 aromatic carbocycles. The predicted molar refractivity (Wildman–Crippen MR) is 90.9 cm³/mol. The van der Waals surface area contributed by atoms with Gasteiger partial charge < -0.3 is 10.0 Å². The van der Waals surface area contributed by atoms with E-state index in [9.17, 15) is 33.2 Å². The summed E-state index contributed by atoms with van der Waals surface area (Å²) >= 11 is 1.22. The number of nitrogens with zero attached hydrogens (tertiary/aromatic N) is 2. The van der Waals surface area contributed by atoms with Gasteiger partial charge in [-0.1, -0.05) is 0 Å². The molecule has 3 rings (SSSR count). The number of aliphatic carboxylic acids is 1. The molecule has 2 aliphatic heterocycles. The molecular formula is C14H15N3O7S2. The number of thioether (sulfide) groups is 1. The van der Waals surface area contributed by atoms with Crippen molar-refractivity contribution in [2.24, 2.45) is 0 Å². The summed E-state index contributed by atoms with van der Waals surface area (Å²) in [5, 5.41) is 19.4. The third-order valence-electron chi connectivity index (χ3n) is 4.31. The lowest BCUT2D eigenvalue weighted by Crippen LogP contribution is -2.70. The molecule has 10 nitrogen and oxygen atoms in total. The summed E-state index contributed by atoms with van der Waals surface area (Å²) in [6.07, 6.45) is 0. The molecule has 26 heavy (non-hydrogen) atoms. The second-order valence-corrected chi connectivity index (χ2v) is 9.93. The minimum Gasteiger partial charge on any atom is -0.480 e. The van der Waals surface area contributed by atoms with Crippen molar-refractivity contribution in [3.63, 3.8) is 0 Å². The Hall–Kier alpha value is -2.18. The van der Waals surface area contributed by atoms with Gasteiger partial charge in [0.05, 0.1) is 9.82 Å². The fourth-order valence-electron chi connectivity index (χ4n) is 3.10. The highest BCUT2D eigenvalue weighted by Gasteiger charge is 2.64. The van der Waals surface area contributed by atoms with Crippen LogP contribution in [0.2, 0.25) is 0 Å². The van der Waals surface area contributed by atoms with E-state index in [1.807, 2.05) is 0 Å². The first-order valence-electron chi connectivity index (χ1n) is 7.45. The van der Waals surface area contributed by atoms with Crippen molar-refractivity contribution in [2.75, 3.05) is 0 Å². The van der Waals surface area contributed by atoms with Crippen LogP contribution < -0.4 is 4.72 Å². The minimum absolute atomic E-state index is 0.216. The summed E-state index contributed by atoms with van der Waals surface area (Å²) in [6.45, 7) is 3.37. The summed E-state index contributed by atoms with van der Waals surface area (Å²) in [5.41, 5.74) is -0.257. The van der Waals surface area contributed by atoms with Crippen molar-refractivity contribution in [3.05, 3.63) is 34.4 Å². The van der Waals surface area contributed by atoms with E-state index in [2.05, 4.69) is 4.72 Å². The molecule has 0 spiro atoms. The van der Waals surface area contributed by atoms with Crippen LogP contribution in [0.3, 0.4) is 0 Å². The SMILES string of the molecule is CC1(C)S[C@@H]2[C@H](NS(=O)(=O)c3ccc([N+](=O)[O-])cc3)C(=O)N2[C@H]1C(=O)O. The highest BCUT2D eigenvalue weighted by molar-refractivity contribution is 8.01. The molecule has 0 bridgehead atoms. The molecule has 2 saturated heterocycles. The highest BCUT2D eigenvalue weighted by atomic mass is 32.2. The second-order valence-electron chi connectivity index (χ2n) is 6.45. The van der Waals surface area contributed by atoms with Crippen molar-refractivity contribution in [1.82, 2.24) is 9.62 Å². The average Bonchev–Trinajstić information content (AvgIpc) is 2.81. The van der Waals surface area contributed by atoms with Gasteiger partial charge in [0.2, 0.25) is 15.9 Å². The number of nitrogens with one attached hydrogen (secondary N) is 1. The zero-order valence-electron chi connectivity index (χ0n) is 13.6. The Morgan fingerprint density at radius 2 is 1.92 bits per heavy atom. The number of non-ortho nitro benzene ring substituents is 1. The van der Waals surface area contributed by atoms with Gasteiger partial charge in [-0.25, -0.2) is 13.2 Å². The van der Waals surface area contributed by atoms with Gasteiger partial charge in [-0.15, -0.1) is 11.8 Å². The zero-order chi connectivity index (χ0) is 19.4. The number of nitro benzene ring substituents is 1. The number of hydrogen-bond acceptors (Lipinski definition) is 7. The largest absolute Gasteiger partial charge is 0.480 e. The Morgan fingerprint density at radius 3 is 2.42 bits per heavy atom. The van der Waals surface area contributed by atoms with E-state index in [1.54, 1.807) is 13.8 Å². The predicted octanol–water partition coefficient (Wildman–Crippen LogP) is 0.389. The number of benzene rings is 1. The Morgan fingerprint density at radius 1 is 1.35 bits per heavy atom. The van der Waals surface area contributed by atoms with Crippen molar-refractivity contribution in [1.29, 1.82) is 0 Å². The van der Waals surface area contributed by atoms with Crippen LogP contribution in [0.25, 0.3) is 0 Å². The van der Waals surface area contributed by atoms with Crippen molar-refractivity contribution < 1.29 is 28.0 Å². The lowest BCUT2D eigenvalue weighted by atomic mass is 9.96. The fourth-order valence-corrected chi connectivity index (χ4v) is 6.01. The third kappa shape index (κ3) is 2.83. The topological polar surface area (TPSA) is 147 Å². The Balaban J connectivity index is 1.81. The number of carbonyl (C=O) groups excluding carboxylic acids is 1. The number of rotatable bonds is 5. The average molecular weight is 401 g/mol. The van der Waals surface area contributed by atoms with Crippen molar-refractivity contribution >= 4 is 39.3 Å². The van der Waals surface area contributed by atoms with Crippen LogP contribution >= 0.6 is 11.8 Å². The smallest absolute Gasteiger partial charge is 0.327 e. The first-order chi connectivity index (χ1) is 12.0. The number of hydrogen-bond donors (Lipinski definition) is 2. The van der Waals surface area contributed by atoms with E-state index in [4.69, 9.17) is 0 Å². The Labute approximate surface area is 152 Å². The van der Waals surface area contributed by atoms with E-state index in [1.165, 1.54) is 16.7 Å². The third-order valence-corrected chi connectivity index (χ3v) is 7.34. The number of β-lactam (4-membered cyclic amide) rings is 1. The number of carboxylic acids is 1. The molecular weight excluding hydrogens is 386 g/mol. The number of sulfonamides is 1. The highest BCUT2D eigenvalue weighted by Crippen LogP contribution is 2.50. The maximum absolute atomic E-state index is 12.5. The molecule has 1 amide bonds. The zero-order valence-corrected chi connectivity index (χ0v) is 15.3. The Bertz CT molecular complexity index is 898. The molecule has 0 radical (unpaired) electrons. The molecule has 2 aliphatic rings. The van der Waals surface area contributed by atoms with Crippen LogP contribution in [-0.4, -0.2) is 57.4 Å². The Kier molecular flexibility index (Phi) is 4.24. The van der Waals surface area contributed by atoms with Gasteiger partial charge in [0.25, 0.3) is 5.69 Å². The van der Waals surface area contributed by atoms with Crippen LogP contribution in [0.4, 0.5) is 5.69 Å². The van der Waals surface area contributed by atoms with Crippen LogP contribution in [0.1, 0.15) is 13.8 Å². The molecule has 140 valence electrons. The summed E-state index contributed by atoms with van der Waals surface area (Å²) in [4.78, 5) is 34.7. The summed E-state index contributed by atoms with van der Waals surface area (Å²) in [6, 6.07) is 2.14. The molecule has 0 unspecified atom stereocenters. The molecule has 0 aromatic heterocycles. The number of fused-ring (bicyclic) bond motifs is 1. The maximum atomic E-state index is 12.5. The standard InChI is InChI=1S/C14H15N3O7S2/c1-14(2)10(13(19)20)16-11(18)9(12(16)25-14)15-26(23,24)8-5-3-7(4-6-8)17(21)22/h3-6,9-10,12,15H,1-2H3,(H,19,20)/t9-,10+,12-/m1/s1. The summed E-state index contributed by atoms with van der Waals surface area (Å²) < 4.78 is 26.4. The molecule has 2 N–H and O–H groups in total. The number of carboxylic acid groups (broad SMARTS) is 1. The van der Waals surface area contributed by atoms with Gasteiger partial charge in [0, 0.05) is 16.9 Å². The molecule has 0 saturated carbocycles. The van der Waals surface area contributed by atoms with Crippen LogP contribution in [0.5, 0.6) is 0 Å². The quantitative estimate of drug-likeness (QED) is 0.409. The van der Waals surface area contributed by atoms with Crippen LogP contribution in [-0.2, 0) is 19.6 Å². The van der Waals surface area contributed by atoms with E-state index in [0.29, 0.717) is 0 Å². The molecule has 2 heterocycles. The van der Waals surface area contributed by atoms with Crippen LogP contribution in [0.15, 0.2) is 29.2 Å². The summed E-state index contributed by atoms with van der Waals surface area (Å²) in [7, 11) is -4.09. The van der Waals surface area contributed by atoms with Gasteiger partial charge in [-0.2, -0.15) is 4.72 Å². The fraction of sp³-hybridized carbons (Fsp3) is 0.429. The van der Waals surface area contributed by atoms with E-state index in [-0.39, 0.29) is 10.6 Å². The van der Waals surface area contributed by atoms with Crippen molar-refractivity contribution in [3.8, 4) is 0 Å². The van der Waals surface area contributed by atoms with Gasteiger partial charge in [-0.05, 0) is 26.0 Å².